The minimum atomic E-state index is -3.62. The quantitative estimate of drug-likeness (QED) is 0.695. The van der Waals surface area contributed by atoms with Gasteiger partial charge in [0.15, 0.2) is 18.2 Å². The minimum absolute atomic E-state index is 0.0160. The Labute approximate surface area is 146 Å². The van der Waals surface area contributed by atoms with Crippen molar-refractivity contribution in [3.05, 3.63) is 59.9 Å². The van der Waals surface area contributed by atoms with Crippen molar-refractivity contribution in [3.8, 4) is 5.75 Å². The number of amides is 1. The van der Waals surface area contributed by atoms with Crippen LogP contribution in [0.25, 0.3) is 0 Å². The van der Waals surface area contributed by atoms with Crippen molar-refractivity contribution in [3.63, 3.8) is 0 Å². The molecule has 2 N–H and O–H groups in total. The molecule has 6 nitrogen and oxygen atoms in total. The number of hydrogen-bond donors (Lipinski definition) is 2. The van der Waals surface area contributed by atoms with E-state index in [1.165, 1.54) is 30.3 Å². The topological polar surface area (TPSA) is 84.5 Å². The van der Waals surface area contributed by atoms with Crippen LogP contribution in [0.1, 0.15) is 5.56 Å². The summed E-state index contributed by atoms with van der Waals surface area (Å²) in [5.74, 6) is -1.04. The van der Waals surface area contributed by atoms with Gasteiger partial charge in [-0.25, -0.2) is 17.5 Å². The molecule has 2 aromatic carbocycles. The monoisotopic (exact) mass is 366 g/mol. The van der Waals surface area contributed by atoms with Gasteiger partial charge in [-0.05, 0) is 31.2 Å². The Morgan fingerprint density at radius 2 is 1.76 bits per heavy atom. The number of para-hydroxylation sites is 1. The molecule has 0 aromatic heterocycles. The van der Waals surface area contributed by atoms with Gasteiger partial charge in [0.1, 0.15) is 0 Å². The van der Waals surface area contributed by atoms with Gasteiger partial charge in [0.2, 0.25) is 10.0 Å². The van der Waals surface area contributed by atoms with Gasteiger partial charge in [-0.1, -0.05) is 29.8 Å². The van der Waals surface area contributed by atoms with Crippen LogP contribution in [-0.4, -0.2) is 34.0 Å². The molecular formula is C17H19FN2O4S. The van der Waals surface area contributed by atoms with Crippen LogP contribution in [0.5, 0.6) is 5.75 Å². The first kappa shape index (κ1) is 18.9. The summed E-state index contributed by atoms with van der Waals surface area (Å²) in [6.07, 6.45) is 0. The molecule has 0 aliphatic heterocycles. The molecule has 8 heteroatoms. The van der Waals surface area contributed by atoms with Gasteiger partial charge in [-0.15, -0.1) is 0 Å². The number of ether oxygens (including phenoxy) is 1. The lowest BCUT2D eigenvalue weighted by Gasteiger charge is -2.09. The molecule has 0 saturated heterocycles. The van der Waals surface area contributed by atoms with Crippen LogP contribution < -0.4 is 14.8 Å². The average Bonchev–Trinajstić information content (AvgIpc) is 2.58. The fraction of sp³-hybridized carbons (Fsp3) is 0.235. The standard InChI is InChI=1S/C17H19FN2O4S/c1-13-6-8-14(9-7-13)25(22,23)20-11-10-19-17(21)12-24-16-5-3-2-4-15(16)18/h2-9,20H,10-12H2,1H3,(H,19,21). The summed E-state index contributed by atoms with van der Waals surface area (Å²) < 4.78 is 44.9. The van der Waals surface area contributed by atoms with Gasteiger partial charge in [0, 0.05) is 13.1 Å². The molecule has 0 aliphatic rings. The third kappa shape index (κ3) is 5.84. The second-order valence-electron chi connectivity index (χ2n) is 5.28. The smallest absolute Gasteiger partial charge is 0.257 e. The Kier molecular flexibility index (Phi) is 6.49. The second-order valence-corrected chi connectivity index (χ2v) is 7.05. The zero-order valence-electron chi connectivity index (χ0n) is 13.7. The Balaban J connectivity index is 1.72. The molecule has 2 rings (SSSR count). The minimum Gasteiger partial charge on any atom is -0.481 e. The van der Waals surface area contributed by atoms with Crippen molar-refractivity contribution in [2.45, 2.75) is 11.8 Å². The maximum atomic E-state index is 13.3. The van der Waals surface area contributed by atoms with Crippen molar-refractivity contribution in [2.75, 3.05) is 19.7 Å². The summed E-state index contributed by atoms with van der Waals surface area (Å²) >= 11 is 0. The molecule has 0 bridgehead atoms. The molecule has 0 aliphatic carbocycles. The lowest BCUT2D eigenvalue weighted by atomic mass is 10.2. The summed E-state index contributed by atoms with van der Waals surface area (Å²) in [6.45, 7) is 1.63. The largest absolute Gasteiger partial charge is 0.481 e. The molecule has 0 unspecified atom stereocenters. The van der Waals surface area contributed by atoms with Gasteiger partial charge in [0.05, 0.1) is 4.90 Å². The zero-order valence-corrected chi connectivity index (χ0v) is 14.5. The number of halogens is 1. The van der Waals surface area contributed by atoms with Crippen molar-refractivity contribution < 1.29 is 22.3 Å². The first-order valence-electron chi connectivity index (χ1n) is 7.59. The number of carbonyl (C=O) groups is 1. The molecule has 25 heavy (non-hydrogen) atoms. The molecule has 0 heterocycles. The van der Waals surface area contributed by atoms with Gasteiger partial charge in [-0.3, -0.25) is 4.79 Å². The summed E-state index contributed by atoms with van der Waals surface area (Å²) in [6, 6.07) is 12.2. The third-order valence-corrected chi connectivity index (χ3v) is 4.74. The van der Waals surface area contributed by atoms with E-state index in [9.17, 15) is 17.6 Å². The highest BCUT2D eigenvalue weighted by atomic mass is 32.2. The molecular weight excluding hydrogens is 347 g/mol. The number of carbonyl (C=O) groups excluding carboxylic acids is 1. The van der Waals surface area contributed by atoms with Gasteiger partial charge < -0.3 is 10.1 Å². The summed E-state index contributed by atoms with van der Waals surface area (Å²) in [4.78, 5) is 11.8. The van der Waals surface area contributed by atoms with Crippen molar-refractivity contribution in [1.82, 2.24) is 10.0 Å². The number of aryl methyl sites for hydroxylation is 1. The molecule has 2 aromatic rings. The molecule has 0 radical (unpaired) electrons. The van der Waals surface area contributed by atoms with Crippen LogP contribution in [0, 0.1) is 12.7 Å². The van der Waals surface area contributed by atoms with E-state index in [1.807, 2.05) is 6.92 Å². The highest BCUT2D eigenvalue weighted by molar-refractivity contribution is 7.89. The number of nitrogens with one attached hydrogen (secondary N) is 2. The SMILES string of the molecule is Cc1ccc(S(=O)(=O)NCCNC(=O)COc2ccccc2F)cc1. The molecule has 0 spiro atoms. The van der Waals surface area contributed by atoms with E-state index in [-0.39, 0.29) is 30.3 Å². The lowest BCUT2D eigenvalue weighted by Crippen LogP contribution is -2.36. The van der Waals surface area contributed by atoms with E-state index < -0.39 is 21.7 Å². The highest BCUT2D eigenvalue weighted by Crippen LogP contribution is 2.14. The van der Waals surface area contributed by atoms with Gasteiger partial charge in [-0.2, -0.15) is 0 Å². The fourth-order valence-corrected chi connectivity index (χ4v) is 2.98. The van der Waals surface area contributed by atoms with Gasteiger partial charge in [0.25, 0.3) is 5.91 Å². The molecule has 1 amide bonds. The van der Waals surface area contributed by atoms with E-state index in [0.717, 1.165) is 5.56 Å². The first-order valence-corrected chi connectivity index (χ1v) is 9.07. The van der Waals surface area contributed by atoms with Crippen molar-refractivity contribution >= 4 is 15.9 Å². The Hall–Kier alpha value is -2.45. The van der Waals surface area contributed by atoms with E-state index >= 15 is 0 Å². The summed E-state index contributed by atoms with van der Waals surface area (Å²) in [5.41, 5.74) is 0.959. The van der Waals surface area contributed by atoms with Crippen LogP contribution >= 0.6 is 0 Å². The predicted molar refractivity (Wildman–Crippen MR) is 91.3 cm³/mol. The average molecular weight is 366 g/mol. The Morgan fingerprint density at radius 3 is 2.44 bits per heavy atom. The van der Waals surface area contributed by atoms with Crippen LogP contribution in [0.3, 0.4) is 0 Å². The molecule has 0 atom stereocenters. The number of rotatable bonds is 8. The highest BCUT2D eigenvalue weighted by Gasteiger charge is 2.13. The molecule has 134 valence electrons. The van der Waals surface area contributed by atoms with E-state index in [4.69, 9.17) is 4.74 Å². The second kappa shape index (κ2) is 8.59. The summed E-state index contributed by atoms with van der Waals surface area (Å²) in [5, 5.41) is 2.49. The maximum Gasteiger partial charge on any atom is 0.257 e. The van der Waals surface area contributed by atoms with Gasteiger partial charge >= 0.3 is 0 Å². The van der Waals surface area contributed by atoms with Crippen LogP contribution in [-0.2, 0) is 14.8 Å². The first-order chi connectivity index (χ1) is 11.9. The Morgan fingerprint density at radius 1 is 1.08 bits per heavy atom. The fourth-order valence-electron chi connectivity index (χ4n) is 1.94. The third-order valence-electron chi connectivity index (χ3n) is 3.27. The van der Waals surface area contributed by atoms with Crippen molar-refractivity contribution in [1.29, 1.82) is 0 Å². The zero-order chi connectivity index (χ0) is 18.3. The predicted octanol–water partition coefficient (Wildman–Crippen LogP) is 1.61. The van der Waals surface area contributed by atoms with Crippen LogP contribution in [0.15, 0.2) is 53.4 Å². The number of sulfonamides is 1. The van der Waals surface area contributed by atoms with E-state index in [2.05, 4.69) is 10.0 Å². The Bertz CT molecular complexity index is 823. The summed E-state index contributed by atoms with van der Waals surface area (Å²) in [7, 11) is -3.62. The molecule has 0 saturated carbocycles. The van der Waals surface area contributed by atoms with Crippen LogP contribution in [0.2, 0.25) is 0 Å². The number of benzene rings is 2. The van der Waals surface area contributed by atoms with E-state index in [1.54, 1.807) is 18.2 Å². The molecule has 0 fully saturated rings. The number of hydrogen-bond acceptors (Lipinski definition) is 4. The lowest BCUT2D eigenvalue weighted by molar-refractivity contribution is -0.123. The normalized spacial score (nSPS) is 11.1. The van der Waals surface area contributed by atoms with Crippen molar-refractivity contribution in [2.24, 2.45) is 0 Å². The maximum absolute atomic E-state index is 13.3. The van der Waals surface area contributed by atoms with Crippen LogP contribution in [0.4, 0.5) is 4.39 Å². The van der Waals surface area contributed by atoms with E-state index in [0.29, 0.717) is 0 Å².